The lowest BCUT2D eigenvalue weighted by Gasteiger charge is -2.28. The van der Waals surface area contributed by atoms with Crippen LogP contribution in [-0.4, -0.2) is 28.2 Å². The monoisotopic (exact) mass is 327 g/mol. The molecular weight excluding hydrogens is 302 g/mol. The molecule has 1 amide bonds. The Morgan fingerprint density at radius 3 is 3.08 bits per heavy atom. The third-order valence-electron chi connectivity index (χ3n) is 4.58. The van der Waals surface area contributed by atoms with Crippen LogP contribution in [0.1, 0.15) is 38.2 Å². The highest BCUT2D eigenvalue weighted by molar-refractivity contribution is 5.78. The molecule has 0 spiro atoms. The Kier molecular flexibility index (Phi) is 5.64. The van der Waals surface area contributed by atoms with Crippen LogP contribution in [-0.2, 0) is 16.1 Å². The minimum atomic E-state index is 0.0655. The first-order valence-corrected chi connectivity index (χ1v) is 8.73. The number of carbonyl (C=O) groups excluding carboxylic acids is 1. The molecule has 5 nitrogen and oxygen atoms in total. The van der Waals surface area contributed by atoms with Gasteiger partial charge in [0.2, 0.25) is 5.91 Å². The molecule has 1 N–H and O–H groups in total. The molecule has 0 radical (unpaired) electrons. The Labute approximate surface area is 143 Å². The molecule has 2 heterocycles. The molecule has 24 heavy (non-hydrogen) atoms. The van der Waals surface area contributed by atoms with Crippen molar-refractivity contribution in [2.45, 2.75) is 45.3 Å². The third kappa shape index (κ3) is 4.03. The van der Waals surface area contributed by atoms with Gasteiger partial charge in [-0.05, 0) is 30.9 Å². The van der Waals surface area contributed by atoms with Gasteiger partial charge in [0, 0.05) is 31.5 Å². The summed E-state index contributed by atoms with van der Waals surface area (Å²) in [7, 11) is 0. The minimum Gasteiger partial charge on any atom is -0.378 e. The van der Waals surface area contributed by atoms with Gasteiger partial charge >= 0.3 is 0 Å². The fourth-order valence-electron chi connectivity index (χ4n) is 3.28. The van der Waals surface area contributed by atoms with E-state index in [9.17, 15) is 4.79 Å². The normalized spacial score (nSPS) is 20.7. The van der Waals surface area contributed by atoms with Crippen LogP contribution in [0.5, 0.6) is 0 Å². The first kappa shape index (κ1) is 16.7. The van der Waals surface area contributed by atoms with E-state index in [2.05, 4.69) is 17.2 Å². The Morgan fingerprint density at radius 2 is 2.29 bits per heavy atom. The summed E-state index contributed by atoms with van der Waals surface area (Å²) in [6, 6.07) is 8.07. The van der Waals surface area contributed by atoms with E-state index < -0.39 is 0 Å². The van der Waals surface area contributed by atoms with E-state index in [1.54, 1.807) is 12.5 Å². The quantitative estimate of drug-likeness (QED) is 0.887. The zero-order valence-corrected chi connectivity index (χ0v) is 14.1. The molecule has 1 aromatic heterocycles. The number of para-hydroxylation sites is 1. The summed E-state index contributed by atoms with van der Waals surface area (Å²) in [6.45, 7) is 3.37. The van der Waals surface area contributed by atoms with Gasteiger partial charge in [0.15, 0.2) is 0 Å². The van der Waals surface area contributed by atoms with Crippen molar-refractivity contribution < 1.29 is 9.53 Å². The molecule has 1 aliphatic rings. The lowest BCUT2D eigenvalue weighted by atomic mass is 9.92. The SMILES string of the molecule is CCCC1CC(C(=O)NCc2ccccc2-n2ccnc2)CCO1. The predicted molar refractivity (Wildman–Crippen MR) is 92.8 cm³/mol. The number of nitrogens with zero attached hydrogens (tertiary/aromatic N) is 2. The fraction of sp³-hybridized carbons (Fsp3) is 0.474. The highest BCUT2D eigenvalue weighted by Crippen LogP contribution is 2.23. The molecule has 0 bridgehead atoms. The second-order valence-electron chi connectivity index (χ2n) is 6.32. The van der Waals surface area contributed by atoms with Gasteiger partial charge in [-0.3, -0.25) is 4.79 Å². The Hall–Kier alpha value is -2.14. The van der Waals surface area contributed by atoms with Gasteiger partial charge in [0.05, 0.1) is 18.1 Å². The van der Waals surface area contributed by atoms with Crippen LogP contribution in [0, 0.1) is 5.92 Å². The second kappa shape index (κ2) is 8.11. The number of nitrogens with one attached hydrogen (secondary N) is 1. The van der Waals surface area contributed by atoms with E-state index >= 15 is 0 Å². The number of ether oxygens (including phenoxy) is 1. The maximum atomic E-state index is 12.5. The van der Waals surface area contributed by atoms with Crippen LogP contribution >= 0.6 is 0 Å². The molecule has 1 aliphatic heterocycles. The van der Waals surface area contributed by atoms with Crippen molar-refractivity contribution in [1.82, 2.24) is 14.9 Å². The lowest BCUT2D eigenvalue weighted by Crippen LogP contribution is -2.37. The highest BCUT2D eigenvalue weighted by atomic mass is 16.5. The molecule has 0 saturated carbocycles. The van der Waals surface area contributed by atoms with Crippen molar-refractivity contribution in [2.75, 3.05) is 6.61 Å². The summed E-state index contributed by atoms with van der Waals surface area (Å²) in [5.74, 6) is 0.204. The Morgan fingerprint density at radius 1 is 1.42 bits per heavy atom. The average Bonchev–Trinajstić information content (AvgIpc) is 3.15. The van der Waals surface area contributed by atoms with Gasteiger partial charge in [-0.25, -0.2) is 4.98 Å². The Balaban J connectivity index is 1.61. The summed E-state index contributed by atoms with van der Waals surface area (Å²) in [5, 5.41) is 3.11. The van der Waals surface area contributed by atoms with Crippen molar-refractivity contribution in [3.05, 3.63) is 48.5 Å². The topological polar surface area (TPSA) is 56.2 Å². The number of aromatic nitrogens is 2. The zero-order valence-electron chi connectivity index (χ0n) is 14.1. The van der Waals surface area contributed by atoms with Crippen LogP contribution in [0.4, 0.5) is 0 Å². The number of hydrogen-bond donors (Lipinski definition) is 1. The molecule has 5 heteroatoms. The van der Waals surface area contributed by atoms with Gasteiger partial charge < -0.3 is 14.6 Å². The van der Waals surface area contributed by atoms with Crippen LogP contribution in [0.3, 0.4) is 0 Å². The number of rotatable bonds is 6. The maximum Gasteiger partial charge on any atom is 0.223 e. The van der Waals surface area contributed by atoms with E-state index in [4.69, 9.17) is 4.74 Å². The van der Waals surface area contributed by atoms with E-state index in [0.29, 0.717) is 13.2 Å². The molecule has 0 aliphatic carbocycles. The summed E-state index contributed by atoms with van der Waals surface area (Å²) >= 11 is 0. The van der Waals surface area contributed by atoms with Gasteiger partial charge in [0.25, 0.3) is 0 Å². The van der Waals surface area contributed by atoms with Gasteiger partial charge in [0.1, 0.15) is 0 Å². The summed E-state index contributed by atoms with van der Waals surface area (Å²) in [6.07, 6.45) is 9.45. The summed E-state index contributed by atoms with van der Waals surface area (Å²) in [4.78, 5) is 16.6. The molecular formula is C19H25N3O2. The Bertz CT molecular complexity index is 652. The smallest absolute Gasteiger partial charge is 0.223 e. The number of imidazole rings is 1. The summed E-state index contributed by atoms with van der Waals surface area (Å²) in [5.41, 5.74) is 2.13. The van der Waals surface area contributed by atoms with Crippen LogP contribution in [0.25, 0.3) is 5.69 Å². The molecule has 128 valence electrons. The minimum absolute atomic E-state index is 0.0655. The lowest BCUT2D eigenvalue weighted by molar-refractivity contribution is -0.130. The highest BCUT2D eigenvalue weighted by Gasteiger charge is 2.27. The first-order valence-electron chi connectivity index (χ1n) is 8.73. The van der Waals surface area contributed by atoms with Crippen LogP contribution in [0.2, 0.25) is 0 Å². The van der Waals surface area contributed by atoms with E-state index in [1.165, 1.54) is 0 Å². The van der Waals surface area contributed by atoms with Crippen LogP contribution < -0.4 is 5.32 Å². The largest absolute Gasteiger partial charge is 0.378 e. The first-order chi connectivity index (χ1) is 11.8. The standard InChI is InChI=1S/C19H25N3O2/c1-2-5-17-12-15(8-11-24-17)19(23)21-13-16-6-3-4-7-18(16)22-10-9-20-14-22/h3-4,6-7,9-10,14-15,17H,2,5,8,11-13H2,1H3,(H,21,23). The fourth-order valence-corrected chi connectivity index (χ4v) is 3.28. The van der Waals surface area contributed by atoms with Crippen LogP contribution in [0.15, 0.2) is 43.0 Å². The molecule has 1 fully saturated rings. The third-order valence-corrected chi connectivity index (χ3v) is 4.58. The van der Waals surface area contributed by atoms with Gasteiger partial charge in [-0.2, -0.15) is 0 Å². The van der Waals surface area contributed by atoms with Crippen molar-refractivity contribution in [2.24, 2.45) is 5.92 Å². The summed E-state index contributed by atoms with van der Waals surface area (Å²) < 4.78 is 7.70. The van der Waals surface area contributed by atoms with Gasteiger partial charge in [-0.1, -0.05) is 31.5 Å². The molecule has 1 aromatic carbocycles. The number of carbonyl (C=O) groups is 1. The average molecular weight is 327 g/mol. The van der Waals surface area contributed by atoms with Crippen molar-refractivity contribution in [1.29, 1.82) is 0 Å². The van der Waals surface area contributed by atoms with E-state index in [-0.39, 0.29) is 17.9 Å². The van der Waals surface area contributed by atoms with Crippen molar-refractivity contribution in [3.8, 4) is 5.69 Å². The molecule has 2 unspecified atom stereocenters. The number of amides is 1. The van der Waals surface area contributed by atoms with E-state index in [1.807, 2.05) is 35.0 Å². The molecule has 2 atom stereocenters. The maximum absolute atomic E-state index is 12.5. The molecule has 3 rings (SSSR count). The second-order valence-corrected chi connectivity index (χ2v) is 6.32. The van der Waals surface area contributed by atoms with Crippen molar-refractivity contribution in [3.63, 3.8) is 0 Å². The van der Waals surface area contributed by atoms with Crippen molar-refractivity contribution >= 4 is 5.91 Å². The number of benzene rings is 1. The zero-order chi connectivity index (χ0) is 16.8. The van der Waals surface area contributed by atoms with Gasteiger partial charge in [-0.15, -0.1) is 0 Å². The number of hydrogen-bond acceptors (Lipinski definition) is 3. The predicted octanol–water partition coefficient (Wildman–Crippen LogP) is 3.08. The van der Waals surface area contributed by atoms with E-state index in [0.717, 1.165) is 36.9 Å². The molecule has 2 aromatic rings. The molecule has 1 saturated heterocycles.